The minimum atomic E-state index is 0.481. The molecule has 6 heteroatoms. The monoisotopic (exact) mass is 269 g/mol. The molecule has 0 aliphatic carbocycles. The van der Waals surface area contributed by atoms with E-state index in [1.807, 2.05) is 30.5 Å². The maximum Gasteiger partial charge on any atom is 0.214 e. The molecule has 0 radical (unpaired) electrons. The summed E-state index contributed by atoms with van der Waals surface area (Å²) in [6, 6.07) is 3.77. The summed E-state index contributed by atoms with van der Waals surface area (Å²) in [7, 11) is 0. The third kappa shape index (κ3) is 2.16. The fraction of sp³-hybridized carbons (Fsp3) is 0.214. The van der Waals surface area contributed by atoms with E-state index in [1.54, 1.807) is 18.7 Å². The molecule has 0 aromatic carbocycles. The van der Waals surface area contributed by atoms with Gasteiger partial charge in [-0.3, -0.25) is 0 Å². The molecule has 20 heavy (non-hydrogen) atoms. The van der Waals surface area contributed by atoms with E-state index in [4.69, 9.17) is 10.2 Å². The average molecular weight is 269 g/mol. The van der Waals surface area contributed by atoms with Crippen LogP contribution in [0.5, 0.6) is 0 Å². The van der Waals surface area contributed by atoms with Crippen molar-refractivity contribution in [3.63, 3.8) is 0 Å². The molecule has 0 aliphatic rings. The Hall–Kier alpha value is -2.63. The smallest absolute Gasteiger partial charge is 0.214 e. The van der Waals surface area contributed by atoms with Crippen molar-refractivity contribution in [2.45, 2.75) is 20.4 Å². The van der Waals surface area contributed by atoms with Crippen LogP contribution in [0.15, 0.2) is 35.3 Å². The number of aromatic nitrogens is 4. The molecule has 0 bridgehead atoms. The van der Waals surface area contributed by atoms with Crippen LogP contribution in [0.3, 0.4) is 0 Å². The zero-order chi connectivity index (χ0) is 14.1. The number of pyridine rings is 1. The second-order valence-corrected chi connectivity index (χ2v) is 4.59. The van der Waals surface area contributed by atoms with Crippen molar-refractivity contribution in [3.05, 3.63) is 48.2 Å². The van der Waals surface area contributed by atoms with E-state index >= 15 is 0 Å². The van der Waals surface area contributed by atoms with Gasteiger partial charge >= 0.3 is 0 Å². The SMILES string of the molecule is Cc1nc(Cn2cncc2-c2cccnc2N)oc1C. The Bertz CT molecular complexity index is 724. The van der Waals surface area contributed by atoms with Crippen molar-refractivity contribution in [1.29, 1.82) is 0 Å². The minimum Gasteiger partial charge on any atom is -0.444 e. The Balaban J connectivity index is 1.97. The lowest BCUT2D eigenvalue weighted by molar-refractivity contribution is 0.457. The summed E-state index contributed by atoms with van der Waals surface area (Å²) < 4.78 is 7.54. The van der Waals surface area contributed by atoms with E-state index in [9.17, 15) is 0 Å². The molecular formula is C14H15N5O. The van der Waals surface area contributed by atoms with Gasteiger partial charge in [0.1, 0.15) is 18.1 Å². The first-order valence-electron chi connectivity index (χ1n) is 6.29. The predicted molar refractivity (Wildman–Crippen MR) is 74.9 cm³/mol. The van der Waals surface area contributed by atoms with Crippen LogP contribution in [-0.4, -0.2) is 19.5 Å². The summed E-state index contributed by atoms with van der Waals surface area (Å²) in [5.41, 5.74) is 8.56. The first-order chi connectivity index (χ1) is 9.65. The van der Waals surface area contributed by atoms with Crippen molar-refractivity contribution < 1.29 is 4.42 Å². The number of nitrogen functional groups attached to an aromatic ring is 1. The van der Waals surface area contributed by atoms with E-state index < -0.39 is 0 Å². The Morgan fingerprint density at radius 1 is 1.35 bits per heavy atom. The van der Waals surface area contributed by atoms with Gasteiger partial charge in [-0.05, 0) is 26.0 Å². The zero-order valence-electron chi connectivity index (χ0n) is 11.4. The van der Waals surface area contributed by atoms with Crippen LogP contribution in [0.25, 0.3) is 11.3 Å². The molecule has 0 atom stereocenters. The maximum atomic E-state index is 5.91. The highest BCUT2D eigenvalue weighted by atomic mass is 16.4. The number of aryl methyl sites for hydroxylation is 2. The average Bonchev–Trinajstić information content (AvgIpc) is 2.98. The van der Waals surface area contributed by atoms with Gasteiger partial charge < -0.3 is 14.7 Å². The Morgan fingerprint density at radius 3 is 2.90 bits per heavy atom. The van der Waals surface area contributed by atoms with Gasteiger partial charge in [0.05, 0.1) is 23.9 Å². The first-order valence-corrected chi connectivity index (χ1v) is 6.29. The second kappa shape index (κ2) is 4.80. The van der Waals surface area contributed by atoms with Gasteiger partial charge in [0.2, 0.25) is 5.89 Å². The molecule has 0 aliphatic heterocycles. The number of nitrogens with two attached hydrogens (primary N) is 1. The van der Waals surface area contributed by atoms with Crippen molar-refractivity contribution in [1.82, 2.24) is 19.5 Å². The zero-order valence-corrected chi connectivity index (χ0v) is 11.4. The highest BCUT2D eigenvalue weighted by molar-refractivity contribution is 5.70. The van der Waals surface area contributed by atoms with Crippen molar-refractivity contribution in [2.24, 2.45) is 0 Å². The van der Waals surface area contributed by atoms with Gasteiger partial charge in [-0.15, -0.1) is 0 Å². The molecule has 3 heterocycles. The van der Waals surface area contributed by atoms with Crippen molar-refractivity contribution >= 4 is 5.82 Å². The summed E-state index contributed by atoms with van der Waals surface area (Å²) in [4.78, 5) is 12.7. The lowest BCUT2D eigenvalue weighted by Crippen LogP contribution is -2.03. The van der Waals surface area contributed by atoms with Gasteiger partial charge in [-0.2, -0.15) is 0 Å². The Kier molecular flexibility index (Phi) is 2.98. The van der Waals surface area contributed by atoms with E-state index in [0.29, 0.717) is 18.3 Å². The normalized spacial score (nSPS) is 10.9. The molecule has 3 aromatic rings. The summed E-state index contributed by atoms with van der Waals surface area (Å²) in [6.45, 7) is 4.34. The number of nitrogens with zero attached hydrogens (tertiary/aromatic N) is 4. The molecule has 6 nitrogen and oxygen atoms in total. The van der Waals surface area contributed by atoms with Gasteiger partial charge in [0.25, 0.3) is 0 Å². The number of hydrogen-bond donors (Lipinski definition) is 1. The highest BCUT2D eigenvalue weighted by Gasteiger charge is 2.12. The van der Waals surface area contributed by atoms with E-state index in [0.717, 1.165) is 22.7 Å². The van der Waals surface area contributed by atoms with Crippen LogP contribution in [-0.2, 0) is 6.54 Å². The predicted octanol–water partition coefficient (Wildman–Crippen LogP) is 2.18. The lowest BCUT2D eigenvalue weighted by Gasteiger charge is -2.07. The van der Waals surface area contributed by atoms with E-state index in [1.165, 1.54) is 0 Å². The van der Waals surface area contributed by atoms with Gasteiger partial charge in [-0.1, -0.05) is 0 Å². The number of rotatable bonds is 3. The van der Waals surface area contributed by atoms with Crippen LogP contribution in [0.2, 0.25) is 0 Å². The molecule has 0 saturated heterocycles. The second-order valence-electron chi connectivity index (χ2n) is 4.59. The summed E-state index contributed by atoms with van der Waals surface area (Å²) in [6.07, 6.45) is 5.16. The van der Waals surface area contributed by atoms with Crippen LogP contribution in [0.1, 0.15) is 17.3 Å². The molecule has 0 saturated carbocycles. The standard InChI is InChI=1S/C14H15N5O/c1-9-10(2)20-13(18-9)7-19-8-16-6-12(19)11-4-3-5-17-14(11)15/h3-6,8H,7H2,1-2H3,(H2,15,17). The molecule has 3 rings (SSSR count). The van der Waals surface area contributed by atoms with Crippen LogP contribution >= 0.6 is 0 Å². The fourth-order valence-electron chi connectivity index (χ4n) is 2.06. The van der Waals surface area contributed by atoms with Crippen LogP contribution in [0, 0.1) is 13.8 Å². The van der Waals surface area contributed by atoms with E-state index in [2.05, 4.69) is 15.0 Å². The largest absolute Gasteiger partial charge is 0.444 e. The Labute approximate surface area is 116 Å². The molecule has 0 amide bonds. The van der Waals surface area contributed by atoms with Crippen molar-refractivity contribution in [3.8, 4) is 11.3 Å². The molecule has 2 N–H and O–H groups in total. The number of oxazole rings is 1. The van der Waals surface area contributed by atoms with Gasteiger partial charge in [-0.25, -0.2) is 15.0 Å². The topological polar surface area (TPSA) is 82.8 Å². The number of anilines is 1. The molecule has 3 aromatic heterocycles. The third-order valence-electron chi connectivity index (χ3n) is 3.21. The van der Waals surface area contributed by atoms with Gasteiger partial charge in [0, 0.05) is 11.8 Å². The van der Waals surface area contributed by atoms with Crippen LogP contribution < -0.4 is 5.73 Å². The van der Waals surface area contributed by atoms with E-state index in [-0.39, 0.29) is 0 Å². The minimum absolute atomic E-state index is 0.481. The number of imidazole rings is 1. The maximum absolute atomic E-state index is 5.91. The summed E-state index contributed by atoms with van der Waals surface area (Å²) in [5.74, 6) is 1.97. The highest BCUT2D eigenvalue weighted by Crippen LogP contribution is 2.24. The number of hydrogen-bond acceptors (Lipinski definition) is 5. The molecule has 102 valence electrons. The summed E-state index contributed by atoms with van der Waals surface area (Å²) >= 11 is 0. The molecular weight excluding hydrogens is 254 g/mol. The fourth-order valence-corrected chi connectivity index (χ4v) is 2.06. The van der Waals surface area contributed by atoms with Crippen LogP contribution in [0.4, 0.5) is 5.82 Å². The first kappa shape index (κ1) is 12.4. The Morgan fingerprint density at radius 2 is 2.20 bits per heavy atom. The molecule has 0 unspecified atom stereocenters. The summed E-state index contributed by atoms with van der Waals surface area (Å²) in [5, 5.41) is 0. The van der Waals surface area contributed by atoms with Crippen molar-refractivity contribution in [2.75, 3.05) is 5.73 Å². The lowest BCUT2D eigenvalue weighted by atomic mass is 10.2. The third-order valence-corrected chi connectivity index (χ3v) is 3.21. The quantitative estimate of drug-likeness (QED) is 0.788. The molecule has 0 spiro atoms. The molecule has 0 fully saturated rings. The van der Waals surface area contributed by atoms with Gasteiger partial charge in [0.15, 0.2) is 0 Å².